The highest BCUT2D eigenvalue weighted by Gasteiger charge is 2.45. The summed E-state index contributed by atoms with van der Waals surface area (Å²) >= 11 is 0. The maximum absolute atomic E-state index is 14.8. The fourth-order valence-electron chi connectivity index (χ4n) is 4.99. The fraction of sp³-hybridized carbons (Fsp3) is 0.375. The zero-order valence-electron chi connectivity index (χ0n) is 18.3. The number of benzene rings is 1. The molecule has 6 rings (SSSR count). The van der Waals surface area contributed by atoms with Crippen LogP contribution in [-0.2, 0) is 6.18 Å². The van der Waals surface area contributed by atoms with Gasteiger partial charge in [0, 0.05) is 36.7 Å². The Bertz CT molecular complexity index is 1210. The van der Waals surface area contributed by atoms with Gasteiger partial charge in [-0.05, 0) is 43.4 Å². The van der Waals surface area contributed by atoms with Crippen molar-refractivity contribution in [2.45, 2.75) is 43.8 Å². The molecule has 3 unspecified atom stereocenters. The first-order valence-electron chi connectivity index (χ1n) is 11.1. The highest BCUT2D eigenvalue weighted by Crippen LogP contribution is 2.42. The van der Waals surface area contributed by atoms with E-state index in [1.807, 2.05) is 0 Å². The molecule has 0 spiro atoms. The number of piperidine rings is 2. The number of rotatable bonds is 5. The number of hydrogen-bond acceptors (Lipinski definition) is 6. The van der Waals surface area contributed by atoms with E-state index in [0.717, 1.165) is 6.42 Å². The van der Waals surface area contributed by atoms with Gasteiger partial charge >= 0.3 is 6.18 Å². The molecule has 4 heterocycles. The molecule has 2 saturated heterocycles. The molecule has 11 heteroatoms. The van der Waals surface area contributed by atoms with Gasteiger partial charge in [-0.3, -0.25) is 4.90 Å². The Labute approximate surface area is 197 Å². The number of pyridine rings is 1. The largest absolute Gasteiger partial charge is 0.471 e. The fourth-order valence-corrected chi connectivity index (χ4v) is 4.99. The average molecular weight is 492 g/mol. The van der Waals surface area contributed by atoms with Crippen molar-refractivity contribution in [3.8, 4) is 17.3 Å². The lowest BCUT2D eigenvalue weighted by Gasteiger charge is -2.51. The minimum atomic E-state index is -4.72. The van der Waals surface area contributed by atoms with Gasteiger partial charge in [0.1, 0.15) is 18.1 Å². The first-order chi connectivity index (χ1) is 16.7. The van der Waals surface area contributed by atoms with Crippen LogP contribution in [0.2, 0.25) is 0 Å². The minimum absolute atomic E-state index is 0.0787. The summed E-state index contributed by atoms with van der Waals surface area (Å²) < 4.78 is 73.5. The van der Waals surface area contributed by atoms with E-state index in [9.17, 15) is 27.1 Å². The van der Waals surface area contributed by atoms with E-state index in [-0.39, 0.29) is 28.9 Å². The number of halogens is 5. The van der Waals surface area contributed by atoms with Gasteiger partial charge in [-0.15, -0.1) is 0 Å². The summed E-state index contributed by atoms with van der Waals surface area (Å²) in [5.41, 5.74) is -0.845. The molecule has 3 fully saturated rings. The van der Waals surface area contributed by atoms with Gasteiger partial charge in [0.05, 0.1) is 11.1 Å². The molecular formula is C24H21F5N4O2. The molecule has 3 aliphatic rings. The number of alkyl halides is 3. The summed E-state index contributed by atoms with van der Waals surface area (Å²) in [6, 6.07) is 5.91. The second-order valence-electron chi connectivity index (χ2n) is 8.76. The van der Waals surface area contributed by atoms with Crippen LogP contribution in [0.15, 0.2) is 48.9 Å². The van der Waals surface area contributed by atoms with E-state index in [0.29, 0.717) is 31.6 Å². The van der Waals surface area contributed by atoms with Crippen LogP contribution in [0.1, 0.15) is 36.6 Å². The van der Waals surface area contributed by atoms with E-state index in [1.54, 1.807) is 17.0 Å². The minimum Gasteiger partial charge on any atom is -0.471 e. The van der Waals surface area contributed by atoms with Gasteiger partial charge in [-0.2, -0.15) is 13.2 Å². The van der Waals surface area contributed by atoms with Gasteiger partial charge in [-0.1, -0.05) is 12.1 Å². The number of aliphatic hydroxyl groups is 1. The number of aromatic nitrogens is 3. The van der Waals surface area contributed by atoms with Crippen LogP contribution in [0.3, 0.4) is 0 Å². The van der Waals surface area contributed by atoms with Gasteiger partial charge < -0.3 is 9.84 Å². The molecule has 35 heavy (non-hydrogen) atoms. The highest BCUT2D eigenvalue weighted by molar-refractivity contribution is 5.61. The summed E-state index contributed by atoms with van der Waals surface area (Å²) in [4.78, 5) is 13.5. The van der Waals surface area contributed by atoms with Gasteiger partial charge in [-0.25, -0.2) is 23.7 Å². The molecule has 6 nitrogen and oxygen atoms in total. The van der Waals surface area contributed by atoms with Crippen molar-refractivity contribution < 1.29 is 31.8 Å². The summed E-state index contributed by atoms with van der Waals surface area (Å²) in [6.45, 7) is 0.500. The van der Waals surface area contributed by atoms with Crippen molar-refractivity contribution in [2.75, 3.05) is 6.54 Å². The number of hydrogen-bond donors (Lipinski definition) is 1. The topological polar surface area (TPSA) is 71.4 Å². The number of ether oxygens (including phenoxy) is 1. The summed E-state index contributed by atoms with van der Waals surface area (Å²) in [6.07, 6.45) is -1.07. The second-order valence-corrected chi connectivity index (χ2v) is 8.76. The molecule has 2 aliphatic heterocycles. The van der Waals surface area contributed by atoms with Crippen molar-refractivity contribution in [2.24, 2.45) is 5.92 Å². The maximum atomic E-state index is 14.8. The Kier molecular flexibility index (Phi) is 6.14. The standard InChI is InChI=1S/C24H21F5N4O2/c25-16-4-1-3-15(20(16)21-30-7-2-8-31-21)23(34)33-12-13-5-6-18(33)19(9-13)35-22-17(26)10-14(11-32-22)24(27,28)29/h1-4,7-8,10-11,13,18-19,23,34H,5-6,9,12H2/t13?,18?,19?,23-/m1/s1. The van der Waals surface area contributed by atoms with E-state index in [1.165, 1.54) is 24.5 Å². The molecular weight excluding hydrogens is 471 g/mol. The Morgan fingerprint density at radius 2 is 1.80 bits per heavy atom. The molecule has 1 N–H and O–H groups in total. The SMILES string of the molecule is O[C@H](c1cccc(F)c1-c1ncccn1)N1CC2CCC1C(Oc1ncc(C(F)(F)F)cc1F)C2. The van der Waals surface area contributed by atoms with Gasteiger partial charge in [0.2, 0.25) is 0 Å². The first-order valence-corrected chi connectivity index (χ1v) is 11.1. The molecule has 184 valence electrons. The average Bonchev–Trinajstić information content (AvgIpc) is 2.85. The van der Waals surface area contributed by atoms with Crippen LogP contribution in [0, 0.1) is 17.6 Å². The van der Waals surface area contributed by atoms with Crippen molar-refractivity contribution in [3.63, 3.8) is 0 Å². The number of nitrogens with zero attached hydrogens (tertiary/aromatic N) is 4. The molecule has 0 amide bonds. The predicted octanol–water partition coefficient (Wildman–Crippen LogP) is 4.76. The third-order valence-corrected chi connectivity index (χ3v) is 6.59. The van der Waals surface area contributed by atoms with Crippen molar-refractivity contribution in [1.29, 1.82) is 0 Å². The molecule has 4 atom stereocenters. The Hall–Kier alpha value is -3.18. The molecule has 1 aromatic carbocycles. The number of aliphatic hydroxyl groups excluding tert-OH is 1. The summed E-state index contributed by atoms with van der Waals surface area (Å²) in [7, 11) is 0. The predicted molar refractivity (Wildman–Crippen MR) is 114 cm³/mol. The molecule has 0 radical (unpaired) electrons. The molecule has 1 saturated carbocycles. The lowest BCUT2D eigenvalue weighted by molar-refractivity contribution is -0.138. The van der Waals surface area contributed by atoms with Crippen LogP contribution in [0.4, 0.5) is 22.0 Å². The highest BCUT2D eigenvalue weighted by atomic mass is 19.4. The quantitative estimate of drug-likeness (QED) is 0.518. The zero-order chi connectivity index (χ0) is 24.7. The lowest BCUT2D eigenvalue weighted by Crippen LogP contribution is -2.58. The maximum Gasteiger partial charge on any atom is 0.417 e. The zero-order valence-corrected chi connectivity index (χ0v) is 18.3. The van der Waals surface area contributed by atoms with Gasteiger partial charge in [0.25, 0.3) is 5.88 Å². The second kappa shape index (κ2) is 9.12. The van der Waals surface area contributed by atoms with E-state index >= 15 is 0 Å². The molecule has 2 aromatic heterocycles. The van der Waals surface area contributed by atoms with E-state index < -0.39 is 41.6 Å². The van der Waals surface area contributed by atoms with Crippen molar-refractivity contribution >= 4 is 0 Å². The first kappa shape index (κ1) is 23.6. The third-order valence-electron chi connectivity index (χ3n) is 6.59. The Morgan fingerprint density at radius 1 is 1.03 bits per heavy atom. The Morgan fingerprint density at radius 3 is 2.49 bits per heavy atom. The summed E-state index contributed by atoms with van der Waals surface area (Å²) in [5, 5.41) is 11.3. The van der Waals surface area contributed by atoms with Crippen molar-refractivity contribution in [3.05, 3.63) is 71.7 Å². The number of fused-ring (bicyclic) bond motifs is 3. The van der Waals surface area contributed by atoms with Crippen LogP contribution in [-0.4, -0.2) is 43.6 Å². The van der Waals surface area contributed by atoms with Crippen LogP contribution in [0.5, 0.6) is 5.88 Å². The van der Waals surface area contributed by atoms with E-state index in [4.69, 9.17) is 4.74 Å². The molecule has 3 aromatic rings. The third kappa shape index (κ3) is 4.57. The van der Waals surface area contributed by atoms with Crippen LogP contribution >= 0.6 is 0 Å². The van der Waals surface area contributed by atoms with Crippen molar-refractivity contribution in [1.82, 2.24) is 19.9 Å². The Balaban J connectivity index is 1.42. The smallest absolute Gasteiger partial charge is 0.417 e. The van der Waals surface area contributed by atoms with E-state index in [2.05, 4.69) is 15.0 Å². The van der Waals surface area contributed by atoms with Crippen LogP contribution in [0.25, 0.3) is 11.4 Å². The summed E-state index contributed by atoms with van der Waals surface area (Å²) in [5.74, 6) is -2.08. The van der Waals surface area contributed by atoms with Crippen LogP contribution < -0.4 is 4.74 Å². The normalized spacial score (nSPS) is 23.3. The lowest BCUT2D eigenvalue weighted by atomic mass is 9.77. The molecule has 2 bridgehead atoms. The van der Waals surface area contributed by atoms with Gasteiger partial charge in [0.15, 0.2) is 11.6 Å². The monoisotopic (exact) mass is 492 g/mol. The molecule has 1 aliphatic carbocycles.